The average Bonchev–Trinajstić information content (AvgIpc) is 3.19. The molecule has 6 rings (SSSR count). The summed E-state index contributed by atoms with van der Waals surface area (Å²) in [5, 5.41) is 4.89. The largest absolute Gasteiger partial charge is 0.227 e. The first-order chi connectivity index (χ1) is 14.4. The second kappa shape index (κ2) is 6.50. The van der Waals surface area contributed by atoms with Crippen molar-refractivity contribution in [2.45, 2.75) is 0 Å². The van der Waals surface area contributed by atoms with Crippen molar-refractivity contribution in [3.63, 3.8) is 0 Å². The van der Waals surface area contributed by atoms with E-state index in [4.69, 9.17) is 9.97 Å². The third-order valence-corrected chi connectivity index (χ3v) is 6.44. The van der Waals surface area contributed by atoms with Gasteiger partial charge in [0.2, 0.25) is 0 Å². The maximum absolute atomic E-state index is 5.04. The SMILES string of the molecule is c1ccc(-c2nc(-c3ccccc3)c3c(n2)sc2c4ccccc4ccc23)cc1. The Morgan fingerprint density at radius 2 is 1.24 bits per heavy atom. The third kappa shape index (κ3) is 2.63. The van der Waals surface area contributed by atoms with Crippen LogP contribution in [0.1, 0.15) is 0 Å². The molecule has 0 radical (unpaired) electrons. The van der Waals surface area contributed by atoms with Crippen LogP contribution in [-0.2, 0) is 0 Å². The van der Waals surface area contributed by atoms with Gasteiger partial charge in [0.25, 0.3) is 0 Å². The number of hydrogen-bond acceptors (Lipinski definition) is 3. The van der Waals surface area contributed by atoms with Gasteiger partial charge in [0.1, 0.15) is 4.83 Å². The van der Waals surface area contributed by atoms with Gasteiger partial charge in [0, 0.05) is 26.6 Å². The smallest absolute Gasteiger partial charge is 0.161 e. The molecule has 2 heterocycles. The summed E-state index contributed by atoms with van der Waals surface area (Å²) in [5.74, 6) is 0.771. The first-order valence-electron chi connectivity index (χ1n) is 9.61. The zero-order valence-corrected chi connectivity index (χ0v) is 16.4. The van der Waals surface area contributed by atoms with Gasteiger partial charge in [-0.3, -0.25) is 0 Å². The summed E-state index contributed by atoms with van der Waals surface area (Å²) in [6.07, 6.45) is 0. The predicted octanol–water partition coefficient (Wildman–Crippen LogP) is 7.33. The minimum atomic E-state index is 0.771. The number of aromatic nitrogens is 2. The zero-order chi connectivity index (χ0) is 19.2. The quantitative estimate of drug-likeness (QED) is 0.310. The molecule has 0 N–H and O–H groups in total. The topological polar surface area (TPSA) is 25.8 Å². The van der Waals surface area contributed by atoms with Crippen molar-refractivity contribution >= 4 is 42.4 Å². The fraction of sp³-hybridized carbons (Fsp3) is 0. The number of hydrogen-bond donors (Lipinski definition) is 0. The summed E-state index contributed by atoms with van der Waals surface area (Å²) in [4.78, 5) is 11.1. The summed E-state index contributed by atoms with van der Waals surface area (Å²) in [6, 6.07) is 33.6. The van der Waals surface area contributed by atoms with E-state index in [9.17, 15) is 0 Å². The van der Waals surface area contributed by atoms with Crippen LogP contribution >= 0.6 is 11.3 Å². The highest BCUT2D eigenvalue weighted by Gasteiger charge is 2.17. The van der Waals surface area contributed by atoms with Gasteiger partial charge in [0.05, 0.1) is 5.69 Å². The van der Waals surface area contributed by atoms with Crippen molar-refractivity contribution in [3.8, 4) is 22.6 Å². The molecule has 2 nitrogen and oxygen atoms in total. The molecule has 0 unspecified atom stereocenters. The van der Waals surface area contributed by atoms with Gasteiger partial charge in [-0.2, -0.15) is 0 Å². The molecule has 0 bridgehead atoms. The van der Waals surface area contributed by atoms with E-state index in [1.165, 1.54) is 20.9 Å². The Morgan fingerprint density at radius 1 is 0.552 bits per heavy atom. The molecule has 136 valence electrons. The van der Waals surface area contributed by atoms with Gasteiger partial charge in [0.15, 0.2) is 5.82 Å². The molecule has 0 amide bonds. The lowest BCUT2D eigenvalue weighted by Crippen LogP contribution is -1.93. The van der Waals surface area contributed by atoms with E-state index in [0.717, 1.165) is 32.9 Å². The summed E-state index contributed by atoms with van der Waals surface area (Å²) in [5.41, 5.74) is 3.15. The standard InChI is InChI=1S/C26H16N2S/c1-3-10-18(11-4-1)23-22-21-16-15-17-9-7-8-14-20(17)24(21)29-26(22)28-25(27-23)19-12-5-2-6-13-19/h1-16H. The first kappa shape index (κ1) is 16.4. The van der Waals surface area contributed by atoms with Crippen molar-refractivity contribution in [1.82, 2.24) is 9.97 Å². The van der Waals surface area contributed by atoms with Gasteiger partial charge < -0.3 is 0 Å². The highest BCUT2D eigenvalue weighted by molar-refractivity contribution is 7.26. The molecule has 0 aliphatic heterocycles. The normalized spacial score (nSPS) is 11.4. The van der Waals surface area contributed by atoms with Crippen LogP contribution in [0.15, 0.2) is 97.1 Å². The molecule has 0 aliphatic carbocycles. The van der Waals surface area contributed by atoms with Gasteiger partial charge >= 0.3 is 0 Å². The highest BCUT2D eigenvalue weighted by Crippen LogP contribution is 2.42. The van der Waals surface area contributed by atoms with Crippen LogP contribution in [-0.4, -0.2) is 9.97 Å². The van der Waals surface area contributed by atoms with Crippen LogP contribution in [0.5, 0.6) is 0 Å². The molecule has 0 spiro atoms. The van der Waals surface area contributed by atoms with E-state index in [2.05, 4.69) is 72.8 Å². The predicted molar refractivity (Wildman–Crippen MR) is 123 cm³/mol. The van der Waals surface area contributed by atoms with Gasteiger partial charge in [-0.25, -0.2) is 9.97 Å². The van der Waals surface area contributed by atoms with E-state index >= 15 is 0 Å². The lowest BCUT2D eigenvalue weighted by atomic mass is 10.0. The molecule has 0 atom stereocenters. The molecular formula is C26H16N2S. The van der Waals surface area contributed by atoms with E-state index in [0.29, 0.717) is 0 Å². The molecule has 6 aromatic rings. The van der Waals surface area contributed by atoms with Crippen molar-refractivity contribution in [2.24, 2.45) is 0 Å². The van der Waals surface area contributed by atoms with E-state index < -0.39 is 0 Å². The number of rotatable bonds is 2. The Balaban J connectivity index is 1.77. The number of thiophene rings is 1. The first-order valence-corrected chi connectivity index (χ1v) is 10.4. The zero-order valence-electron chi connectivity index (χ0n) is 15.5. The molecule has 4 aromatic carbocycles. The molecule has 0 fully saturated rings. The number of fused-ring (bicyclic) bond motifs is 5. The van der Waals surface area contributed by atoms with Crippen molar-refractivity contribution in [3.05, 3.63) is 97.1 Å². The van der Waals surface area contributed by atoms with E-state index in [1.807, 2.05) is 24.3 Å². The second-order valence-electron chi connectivity index (χ2n) is 7.07. The Hall–Kier alpha value is -3.56. The van der Waals surface area contributed by atoms with Crippen molar-refractivity contribution in [1.29, 1.82) is 0 Å². The molecule has 2 aromatic heterocycles. The van der Waals surface area contributed by atoms with Crippen LogP contribution in [0.4, 0.5) is 0 Å². The highest BCUT2D eigenvalue weighted by atomic mass is 32.1. The maximum Gasteiger partial charge on any atom is 0.161 e. The molecule has 0 aliphatic rings. The second-order valence-corrected chi connectivity index (χ2v) is 8.07. The van der Waals surface area contributed by atoms with E-state index in [1.54, 1.807) is 11.3 Å². The fourth-order valence-electron chi connectivity index (χ4n) is 3.92. The fourth-order valence-corrected chi connectivity index (χ4v) is 5.13. The Bertz CT molecular complexity index is 1490. The minimum absolute atomic E-state index is 0.771. The van der Waals surface area contributed by atoms with Crippen molar-refractivity contribution < 1.29 is 0 Å². The minimum Gasteiger partial charge on any atom is -0.227 e. The lowest BCUT2D eigenvalue weighted by molar-refractivity contribution is 1.24. The van der Waals surface area contributed by atoms with Gasteiger partial charge in [-0.15, -0.1) is 11.3 Å². The molecular weight excluding hydrogens is 372 g/mol. The summed E-state index contributed by atoms with van der Waals surface area (Å²) in [7, 11) is 0. The Morgan fingerprint density at radius 3 is 2.03 bits per heavy atom. The average molecular weight is 388 g/mol. The van der Waals surface area contributed by atoms with Crippen LogP contribution in [0, 0.1) is 0 Å². The Kier molecular flexibility index (Phi) is 3.68. The maximum atomic E-state index is 5.04. The van der Waals surface area contributed by atoms with Crippen LogP contribution in [0.2, 0.25) is 0 Å². The van der Waals surface area contributed by atoms with Crippen molar-refractivity contribution in [2.75, 3.05) is 0 Å². The molecule has 3 heteroatoms. The number of benzene rings is 4. The Labute approximate surface area is 172 Å². The summed E-state index contributed by atoms with van der Waals surface area (Å²) < 4.78 is 1.27. The van der Waals surface area contributed by atoms with Gasteiger partial charge in [-0.1, -0.05) is 97.1 Å². The molecule has 0 saturated heterocycles. The lowest BCUT2D eigenvalue weighted by Gasteiger charge is -2.07. The monoisotopic (exact) mass is 388 g/mol. The number of nitrogens with zero attached hydrogens (tertiary/aromatic N) is 2. The molecule has 0 saturated carbocycles. The van der Waals surface area contributed by atoms with Crippen LogP contribution < -0.4 is 0 Å². The summed E-state index contributed by atoms with van der Waals surface area (Å²) >= 11 is 1.76. The molecule has 29 heavy (non-hydrogen) atoms. The van der Waals surface area contributed by atoms with Crippen LogP contribution in [0.3, 0.4) is 0 Å². The van der Waals surface area contributed by atoms with Gasteiger partial charge in [-0.05, 0) is 10.8 Å². The van der Waals surface area contributed by atoms with E-state index in [-0.39, 0.29) is 0 Å². The summed E-state index contributed by atoms with van der Waals surface area (Å²) in [6.45, 7) is 0. The third-order valence-electron chi connectivity index (χ3n) is 5.30. The van der Waals surface area contributed by atoms with Crippen LogP contribution in [0.25, 0.3) is 53.7 Å².